The van der Waals surface area contributed by atoms with Gasteiger partial charge in [-0.1, -0.05) is 0 Å². The molecule has 0 saturated heterocycles. The van der Waals surface area contributed by atoms with E-state index in [-0.39, 0.29) is 29.7 Å². The molecule has 3 heterocycles. The molecule has 0 fully saturated rings. The van der Waals surface area contributed by atoms with Crippen LogP contribution in [0.15, 0.2) is 29.1 Å². The number of hydrogen-bond acceptors (Lipinski definition) is 6. The fourth-order valence-corrected chi connectivity index (χ4v) is 3.07. The van der Waals surface area contributed by atoms with Gasteiger partial charge in [-0.2, -0.15) is 23.4 Å². The Hall–Kier alpha value is -2.47. The van der Waals surface area contributed by atoms with Gasteiger partial charge in [0, 0.05) is 13.3 Å². The zero-order valence-electron chi connectivity index (χ0n) is 15.8. The summed E-state index contributed by atoms with van der Waals surface area (Å²) in [5.41, 5.74) is -0.905. The SMILES string of the molecule is COCC(C)n1nc(Cn2cc(Br)cn2)nc1-c1cc(C(F)(F)F)ncc1OC. The van der Waals surface area contributed by atoms with E-state index in [4.69, 9.17) is 9.47 Å². The number of alkyl halides is 3. The lowest BCUT2D eigenvalue weighted by Crippen LogP contribution is -2.15. The molecule has 0 aliphatic carbocycles. The highest BCUT2D eigenvalue weighted by atomic mass is 79.9. The molecular formula is C17H18BrF3N6O2. The van der Waals surface area contributed by atoms with Crippen LogP contribution in [0.2, 0.25) is 0 Å². The van der Waals surface area contributed by atoms with Gasteiger partial charge in [-0.15, -0.1) is 0 Å². The van der Waals surface area contributed by atoms with E-state index in [2.05, 4.69) is 36.1 Å². The maximum absolute atomic E-state index is 13.2. The number of pyridine rings is 1. The summed E-state index contributed by atoms with van der Waals surface area (Å²) >= 11 is 3.32. The number of nitrogens with zero attached hydrogens (tertiary/aromatic N) is 6. The molecule has 156 valence electrons. The molecule has 0 spiro atoms. The number of rotatable bonds is 7. The second-order valence-electron chi connectivity index (χ2n) is 6.22. The highest BCUT2D eigenvalue weighted by Gasteiger charge is 2.34. The van der Waals surface area contributed by atoms with Crippen LogP contribution < -0.4 is 4.74 Å². The van der Waals surface area contributed by atoms with Gasteiger partial charge >= 0.3 is 6.18 Å². The summed E-state index contributed by atoms with van der Waals surface area (Å²) in [5, 5.41) is 8.63. The highest BCUT2D eigenvalue weighted by molar-refractivity contribution is 9.10. The van der Waals surface area contributed by atoms with Crippen molar-refractivity contribution in [2.24, 2.45) is 0 Å². The fraction of sp³-hybridized carbons (Fsp3) is 0.412. The van der Waals surface area contributed by atoms with Crippen molar-refractivity contribution in [1.82, 2.24) is 29.5 Å². The maximum atomic E-state index is 13.2. The summed E-state index contributed by atoms with van der Waals surface area (Å²) in [7, 11) is 2.89. The lowest BCUT2D eigenvalue weighted by atomic mass is 10.2. The van der Waals surface area contributed by atoms with Crippen LogP contribution in [0.3, 0.4) is 0 Å². The molecule has 12 heteroatoms. The molecule has 3 aromatic heterocycles. The van der Waals surface area contributed by atoms with Gasteiger partial charge in [0.15, 0.2) is 11.6 Å². The minimum atomic E-state index is -4.60. The largest absolute Gasteiger partial charge is 0.494 e. The molecule has 0 aliphatic heterocycles. The molecule has 3 aromatic rings. The third-order valence-electron chi connectivity index (χ3n) is 4.02. The summed E-state index contributed by atoms with van der Waals surface area (Å²) in [4.78, 5) is 7.91. The van der Waals surface area contributed by atoms with Crippen molar-refractivity contribution < 1.29 is 22.6 Å². The van der Waals surface area contributed by atoms with Crippen molar-refractivity contribution in [1.29, 1.82) is 0 Å². The first-order chi connectivity index (χ1) is 13.7. The van der Waals surface area contributed by atoms with Crippen LogP contribution in [-0.4, -0.2) is 50.4 Å². The molecule has 0 radical (unpaired) electrons. The Morgan fingerprint density at radius 1 is 1.24 bits per heavy atom. The molecule has 0 saturated carbocycles. The van der Waals surface area contributed by atoms with E-state index in [9.17, 15) is 13.2 Å². The predicted octanol–water partition coefficient (Wildman–Crippen LogP) is 3.58. The third-order valence-corrected chi connectivity index (χ3v) is 4.43. The maximum Gasteiger partial charge on any atom is 0.433 e. The van der Waals surface area contributed by atoms with Crippen molar-refractivity contribution in [2.75, 3.05) is 20.8 Å². The molecule has 0 N–H and O–H groups in total. The van der Waals surface area contributed by atoms with Crippen molar-refractivity contribution >= 4 is 15.9 Å². The Balaban J connectivity index is 2.11. The number of methoxy groups -OCH3 is 2. The molecule has 0 aliphatic rings. The summed E-state index contributed by atoms with van der Waals surface area (Å²) < 4.78 is 54.0. The third kappa shape index (κ3) is 4.75. The van der Waals surface area contributed by atoms with Gasteiger partial charge in [0.1, 0.15) is 18.0 Å². The zero-order valence-corrected chi connectivity index (χ0v) is 17.4. The number of aromatic nitrogens is 6. The van der Waals surface area contributed by atoms with E-state index in [1.807, 2.05) is 6.92 Å². The average Bonchev–Trinajstić information content (AvgIpc) is 3.27. The van der Waals surface area contributed by atoms with Crippen LogP contribution in [0, 0.1) is 0 Å². The predicted molar refractivity (Wildman–Crippen MR) is 100 cm³/mol. The minimum Gasteiger partial charge on any atom is -0.494 e. The van der Waals surface area contributed by atoms with Gasteiger partial charge in [-0.25, -0.2) is 14.6 Å². The van der Waals surface area contributed by atoms with Crippen LogP contribution in [0.25, 0.3) is 11.4 Å². The number of hydrogen-bond donors (Lipinski definition) is 0. The number of ether oxygens (including phenoxy) is 2. The zero-order chi connectivity index (χ0) is 21.2. The number of halogens is 4. The second kappa shape index (κ2) is 8.49. The molecule has 29 heavy (non-hydrogen) atoms. The summed E-state index contributed by atoms with van der Waals surface area (Å²) in [5.74, 6) is 0.760. The van der Waals surface area contributed by atoms with Gasteiger partial charge in [-0.3, -0.25) is 4.68 Å². The van der Waals surface area contributed by atoms with Gasteiger partial charge in [-0.05, 0) is 28.9 Å². The van der Waals surface area contributed by atoms with Gasteiger partial charge < -0.3 is 9.47 Å². The molecule has 0 aromatic carbocycles. The van der Waals surface area contributed by atoms with E-state index in [0.717, 1.165) is 16.7 Å². The Labute approximate surface area is 172 Å². The van der Waals surface area contributed by atoms with E-state index in [0.29, 0.717) is 12.4 Å². The first-order valence-corrected chi connectivity index (χ1v) is 9.26. The molecule has 0 amide bonds. The molecular weight excluding hydrogens is 457 g/mol. The Morgan fingerprint density at radius 3 is 2.59 bits per heavy atom. The topological polar surface area (TPSA) is 79.9 Å². The van der Waals surface area contributed by atoms with Crippen LogP contribution in [-0.2, 0) is 17.5 Å². The summed E-state index contributed by atoms with van der Waals surface area (Å²) in [6.45, 7) is 2.36. The average molecular weight is 475 g/mol. The first kappa shape index (κ1) is 21.2. The Bertz CT molecular complexity index is 988. The second-order valence-corrected chi connectivity index (χ2v) is 7.14. The van der Waals surface area contributed by atoms with Gasteiger partial charge in [0.05, 0.1) is 42.2 Å². The Morgan fingerprint density at radius 2 is 2.00 bits per heavy atom. The van der Waals surface area contributed by atoms with Crippen molar-refractivity contribution in [3.63, 3.8) is 0 Å². The fourth-order valence-electron chi connectivity index (χ4n) is 2.74. The highest BCUT2D eigenvalue weighted by Crippen LogP contribution is 2.35. The van der Waals surface area contributed by atoms with Crippen molar-refractivity contribution in [2.45, 2.75) is 25.7 Å². The lowest BCUT2D eigenvalue weighted by Gasteiger charge is -2.16. The van der Waals surface area contributed by atoms with Crippen LogP contribution in [0.1, 0.15) is 24.5 Å². The smallest absolute Gasteiger partial charge is 0.433 e. The van der Waals surface area contributed by atoms with E-state index >= 15 is 0 Å². The standard InChI is InChI=1S/C17H18BrF3N6O2/c1-10(9-28-2)27-16(24-15(25-27)8-26-7-11(18)5-23-26)12-4-14(17(19,20)21)22-6-13(12)29-3/h4-7,10H,8-9H2,1-3H3. The van der Waals surface area contributed by atoms with E-state index < -0.39 is 11.9 Å². The molecule has 1 unspecified atom stereocenters. The Kier molecular flexibility index (Phi) is 6.22. The summed E-state index contributed by atoms with van der Waals surface area (Å²) in [6, 6.07) is 0.625. The summed E-state index contributed by atoms with van der Waals surface area (Å²) in [6.07, 6.45) is -0.211. The molecule has 8 nitrogen and oxygen atoms in total. The van der Waals surface area contributed by atoms with Crippen LogP contribution >= 0.6 is 15.9 Å². The first-order valence-electron chi connectivity index (χ1n) is 8.46. The minimum absolute atomic E-state index is 0.137. The van der Waals surface area contributed by atoms with E-state index in [1.165, 1.54) is 18.9 Å². The van der Waals surface area contributed by atoms with Gasteiger partial charge in [0.2, 0.25) is 0 Å². The van der Waals surface area contributed by atoms with Crippen LogP contribution in [0.5, 0.6) is 5.75 Å². The normalized spacial score (nSPS) is 12.9. The van der Waals surface area contributed by atoms with Gasteiger partial charge in [0.25, 0.3) is 0 Å². The van der Waals surface area contributed by atoms with Crippen molar-refractivity contribution in [3.05, 3.63) is 40.6 Å². The van der Waals surface area contributed by atoms with E-state index in [1.54, 1.807) is 17.1 Å². The monoisotopic (exact) mass is 474 g/mol. The van der Waals surface area contributed by atoms with Crippen molar-refractivity contribution in [3.8, 4) is 17.1 Å². The molecule has 1 atom stereocenters. The molecule has 0 bridgehead atoms. The lowest BCUT2D eigenvalue weighted by molar-refractivity contribution is -0.141. The van der Waals surface area contributed by atoms with Crippen LogP contribution in [0.4, 0.5) is 13.2 Å². The quantitative estimate of drug-likeness (QED) is 0.520. The molecule has 3 rings (SSSR count).